The van der Waals surface area contributed by atoms with Crippen LogP contribution < -0.4 is 5.32 Å². The zero-order valence-corrected chi connectivity index (χ0v) is 18.2. The Morgan fingerprint density at radius 2 is 2.00 bits per heavy atom. The van der Waals surface area contributed by atoms with Gasteiger partial charge in [-0.3, -0.25) is 9.79 Å². The van der Waals surface area contributed by atoms with Gasteiger partial charge in [0.25, 0.3) is 0 Å². The molecule has 0 amide bonds. The highest BCUT2D eigenvalue weighted by Crippen LogP contribution is 2.19. The van der Waals surface area contributed by atoms with Crippen molar-refractivity contribution in [2.24, 2.45) is 10.9 Å². The lowest BCUT2D eigenvalue weighted by molar-refractivity contribution is -0.149. The number of nitrogens with zero attached hydrogens (tertiary/aromatic N) is 2. The quantitative estimate of drug-likeness (QED) is 0.285. The van der Waals surface area contributed by atoms with Crippen molar-refractivity contribution in [1.82, 2.24) is 10.2 Å². The molecule has 152 valence electrons. The lowest BCUT2D eigenvalue weighted by atomic mass is 9.97. The van der Waals surface area contributed by atoms with Crippen LogP contribution in [0.25, 0.3) is 0 Å². The number of likely N-dealkylation sites (tertiary alicyclic amines) is 1. The number of halogens is 3. The lowest BCUT2D eigenvalue weighted by Gasteiger charge is -2.33. The number of esters is 1. The van der Waals surface area contributed by atoms with E-state index in [1.54, 1.807) is 6.07 Å². The van der Waals surface area contributed by atoms with Crippen molar-refractivity contribution in [2.75, 3.05) is 32.8 Å². The van der Waals surface area contributed by atoms with E-state index in [0.717, 1.165) is 24.9 Å². The van der Waals surface area contributed by atoms with E-state index in [9.17, 15) is 13.6 Å². The number of aliphatic imine (C=N–C) groups is 1. The molecular formula is C19H28F2IN3O2. The third kappa shape index (κ3) is 6.90. The number of guanidine groups is 1. The highest BCUT2D eigenvalue weighted by Gasteiger charge is 2.27. The summed E-state index contributed by atoms with van der Waals surface area (Å²) in [6.45, 7) is 6.69. The minimum atomic E-state index is -0.834. The van der Waals surface area contributed by atoms with Gasteiger partial charge in [0.1, 0.15) is 0 Å². The number of ether oxygens (including phenoxy) is 1. The summed E-state index contributed by atoms with van der Waals surface area (Å²) in [6, 6.07) is 4.19. The first-order valence-corrected chi connectivity index (χ1v) is 9.19. The van der Waals surface area contributed by atoms with Gasteiger partial charge in [0.15, 0.2) is 17.6 Å². The number of nitrogens with one attached hydrogen (secondary N) is 1. The van der Waals surface area contributed by atoms with Gasteiger partial charge in [-0.05, 0) is 44.7 Å². The van der Waals surface area contributed by atoms with E-state index >= 15 is 0 Å². The van der Waals surface area contributed by atoms with E-state index in [4.69, 9.17) is 4.74 Å². The molecule has 0 aromatic heterocycles. The van der Waals surface area contributed by atoms with Crippen molar-refractivity contribution in [2.45, 2.75) is 33.1 Å². The first kappa shape index (κ1) is 23.6. The maximum Gasteiger partial charge on any atom is 0.309 e. The summed E-state index contributed by atoms with van der Waals surface area (Å²) in [4.78, 5) is 18.5. The van der Waals surface area contributed by atoms with Crippen LogP contribution in [0.5, 0.6) is 0 Å². The first-order chi connectivity index (χ1) is 12.6. The fourth-order valence-electron chi connectivity index (χ4n) is 3.04. The highest BCUT2D eigenvalue weighted by molar-refractivity contribution is 14.0. The molecule has 8 heteroatoms. The van der Waals surface area contributed by atoms with Crippen LogP contribution in [0.1, 0.15) is 32.3 Å². The molecule has 1 aromatic carbocycles. The van der Waals surface area contributed by atoms with E-state index in [1.807, 2.05) is 13.8 Å². The molecule has 0 bridgehead atoms. The molecule has 0 aliphatic carbocycles. The Kier molecular flexibility index (Phi) is 10.6. The Morgan fingerprint density at radius 3 is 2.63 bits per heavy atom. The number of piperidine rings is 1. The molecule has 5 nitrogen and oxygen atoms in total. The molecule has 1 N–H and O–H groups in total. The second kappa shape index (κ2) is 12.1. The van der Waals surface area contributed by atoms with Gasteiger partial charge in [-0.2, -0.15) is 0 Å². The Labute approximate surface area is 176 Å². The van der Waals surface area contributed by atoms with Gasteiger partial charge in [-0.15, -0.1) is 24.0 Å². The van der Waals surface area contributed by atoms with Crippen LogP contribution in [0.4, 0.5) is 8.78 Å². The van der Waals surface area contributed by atoms with E-state index in [-0.39, 0.29) is 35.9 Å². The zero-order valence-electron chi connectivity index (χ0n) is 15.8. The maximum atomic E-state index is 13.7. The number of hydrogen-bond donors (Lipinski definition) is 1. The van der Waals surface area contributed by atoms with E-state index in [0.29, 0.717) is 44.8 Å². The van der Waals surface area contributed by atoms with Crippen molar-refractivity contribution < 1.29 is 18.3 Å². The van der Waals surface area contributed by atoms with Crippen molar-refractivity contribution in [3.05, 3.63) is 35.4 Å². The summed E-state index contributed by atoms with van der Waals surface area (Å²) < 4.78 is 32.1. The summed E-state index contributed by atoms with van der Waals surface area (Å²) in [7, 11) is 0. The molecule has 1 aromatic rings. The molecule has 1 heterocycles. The number of rotatable bonds is 6. The van der Waals surface area contributed by atoms with Gasteiger partial charge in [-0.1, -0.05) is 12.1 Å². The Hall–Kier alpha value is -1.45. The molecular weight excluding hydrogens is 467 g/mol. The molecule has 1 saturated heterocycles. The number of hydrogen-bond acceptors (Lipinski definition) is 3. The standard InChI is InChI=1S/C19H27F2N3O2.HI/c1-3-22-19(23-11-8-14-6-5-7-16(20)17(14)21)24-12-9-15(10-13-24)18(25)26-4-2;/h5-7,15H,3-4,8-13H2,1-2H3,(H,22,23);1H. The van der Waals surface area contributed by atoms with Crippen LogP contribution >= 0.6 is 24.0 Å². The SMILES string of the molecule is CCNC(=NCCc1cccc(F)c1F)N1CCC(C(=O)OCC)CC1.I. The Balaban J connectivity index is 0.00000364. The molecule has 1 aliphatic heterocycles. The van der Waals surface area contributed by atoms with Crippen molar-refractivity contribution in [1.29, 1.82) is 0 Å². The maximum absolute atomic E-state index is 13.7. The lowest BCUT2D eigenvalue weighted by Crippen LogP contribution is -2.46. The molecule has 0 atom stereocenters. The van der Waals surface area contributed by atoms with Gasteiger partial charge in [0.05, 0.1) is 12.5 Å². The van der Waals surface area contributed by atoms with Crippen LogP contribution in [0.3, 0.4) is 0 Å². The largest absolute Gasteiger partial charge is 0.466 e. The average molecular weight is 495 g/mol. The monoisotopic (exact) mass is 495 g/mol. The van der Waals surface area contributed by atoms with Gasteiger partial charge in [-0.25, -0.2) is 8.78 Å². The molecule has 2 rings (SSSR count). The molecule has 0 saturated carbocycles. The summed E-state index contributed by atoms with van der Waals surface area (Å²) in [5, 5.41) is 3.23. The number of carbonyl (C=O) groups excluding carboxylic acids is 1. The summed E-state index contributed by atoms with van der Waals surface area (Å²) in [6.07, 6.45) is 1.78. The molecule has 27 heavy (non-hydrogen) atoms. The van der Waals surface area contributed by atoms with Gasteiger partial charge in [0.2, 0.25) is 0 Å². The second-order valence-electron chi connectivity index (χ2n) is 6.21. The predicted molar refractivity (Wildman–Crippen MR) is 112 cm³/mol. The fraction of sp³-hybridized carbons (Fsp3) is 0.579. The predicted octanol–water partition coefficient (Wildman–Crippen LogP) is 3.37. The van der Waals surface area contributed by atoms with E-state index < -0.39 is 11.6 Å². The third-order valence-corrected chi connectivity index (χ3v) is 4.42. The van der Waals surface area contributed by atoms with Gasteiger partial charge in [0, 0.05) is 26.2 Å². The normalized spacial score (nSPS) is 15.3. The first-order valence-electron chi connectivity index (χ1n) is 9.19. The molecule has 1 fully saturated rings. The molecule has 0 radical (unpaired) electrons. The summed E-state index contributed by atoms with van der Waals surface area (Å²) in [5.74, 6) is -1.08. The van der Waals surface area contributed by atoms with Gasteiger partial charge < -0.3 is 15.0 Å². The number of carbonyl (C=O) groups is 1. The van der Waals surface area contributed by atoms with Crippen LogP contribution in [0, 0.1) is 17.6 Å². The Morgan fingerprint density at radius 1 is 1.30 bits per heavy atom. The number of benzene rings is 1. The van der Waals surface area contributed by atoms with Crippen LogP contribution in [0.2, 0.25) is 0 Å². The van der Waals surface area contributed by atoms with E-state index in [1.165, 1.54) is 6.07 Å². The third-order valence-electron chi connectivity index (χ3n) is 4.42. The van der Waals surface area contributed by atoms with Gasteiger partial charge >= 0.3 is 5.97 Å². The summed E-state index contributed by atoms with van der Waals surface area (Å²) >= 11 is 0. The fourth-order valence-corrected chi connectivity index (χ4v) is 3.04. The smallest absolute Gasteiger partial charge is 0.309 e. The molecule has 0 unspecified atom stereocenters. The molecule has 1 aliphatic rings. The minimum absolute atomic E-state index is 0. The van der Waals surface area contributed by atoms with E-state index in [2.05, 4.69) is 15.2 Å². The van der Waals surface area contributed by atoms with Crippen molar-refractivity contribution in [3.63, 3.8) is 0 Å². The van der Waals surface area contributed by atoms with Crippen molar-refractivity contribution >= 4 is 35.9 Å². The molecule has 0 spiro atoms. The zero-order chi connectivity index (χ0) is 18.9. The summed E-state index contributed by atoms with van der Waals surface area (Å²) in [5.41, 5.74) is 0.325. The van der Waals surface area contributed by atoms with Crippen molar-refractivity contribution in [3.8, 4) is 0 Å². The topological polar surface area (TPSA) is 53.9 Å². The van der Waals surface area contributed by atoms with Crippen LogP contribution in [-0.2, 0) is 16.0 Å². The van der Waals surface area contributed by atoms with Crippen LogP contribution in [-0.4, -0.2) is 49.6 Å². The second-order valence-corrected chi connectivity index (χ2v) is 6.21. The minimum Gasteiger partial charge on any atom is -0.466 e. The van der Waals surface area contributed by atoms with Crippen LogP contribution in [0.15, 0.2) is 23.2 Å². The Bertz CT molecular complexity index is 635. The average Bonchev–Trinajstić information content (AvgIpc) is 2.65. The highest BCUT2D eigenvalue weighted by atomic mass is 127.